The first-order chi connectivity index (χ1) is 14.7. The summed E-state index contributed by atoms with van der Waals surface area (Å²) in [5, 5.41) is 9.72. The molecular formula is C21H21Cl2FN2O4S. The third-order valence-corrected chi connectivity index (χ3v) is 8.00. The van der Waals surface area contributed by atoms with E-state index in [1.54, 1.807) is 6.07 Å². The average Bonchev–Trinajstić information content (AvgIpc) is 3.52. The molecule has 166 valence electrons. The van der Waals surface area contributed by atoms with Crippen LogP contribution in [-0.2, 0) is 16.6 Å². The molecule has 0 bridgehead atoms. The molecule has 1 saturated carbocycles. The minimum absolute atomic E-state index is 0.0563. The second-order valence-electron chi connectivity index (χ2n) is 7.86. The van der Waals surface area contributed by atoms with E-state index in [1.807, 2.05) is 0 Å². The molecule has 2 aromatic rings. The van der Waals surface area contributed by atoms with Crippen LogP contribution >= 0.6 is 23.2 Å². The van der Waals surface area contributed by atoms with Crippen molar-refractivity contribution in [1.29, 1.82) is 0 Å². The van der Waals surface area contributed by atoms with Gasteiger partial charge in [0.05, 0.1) is 10.5 Å². The number of hydrogen-bond acceptors (Lipinski definition) is 4. The lowest BCUT2D eigenvalue weighted by atomic mass is 9.98. The van der Waals surface area contributed by atoms with Gasteiger partial charge in [0.1, 0.15) is 5.82 Å². The SMILES string of the molecule is O=C(O)c1ccc(CN2CCN(S(=O)(=O)c3cc(Cl)cc(Cl)c3)CC2)c(C2CC2)c1F. The highest BCUT2D eigenvalue weighted by atomic mass is 35.5. The summed E-state index contributed by atoms with van der Waals surface area (Å²) in [4.78, 5) is 13.4. The molecule has 0 spiro atoms. The van der Waals surface area contributed by atoms with Crippen LogP contribution in [0, 0.1) is 5.82 Å². The molecule has 2 aromatic carbocycles. The zero-order valence-electron chi connectivity index (χ0n) is 16.5. The first-order valence-corrected chi connectivity index (χ1v) is 12.1. The van der Waals surface area contributed by atoms with Crippen molar-refractivity contribution in [1.82, 2.24) is 9.21 Å². The number of carbonyl (C=O) groups is 1. The number of piperazine rings is 1. The normalized spacial score (nSPS) is 18.3. The molecule has 0 amide bonds. The van der Waals surface area contributed by atoms with Crippen LogP contribution in [-0.4, -0.2) is 54.9 Å². The Bertz CT molecular complexity index is 1110. The van der Waals surface area contributed by atoms with Gasteiger partial charge in [0.15, 0.2) is 0 Å². The van der Waals surface area contributed by atoms with Crippen molar-refractivity contribution in [2.75, 3.05) is 26.2 Å². The first kappa shape index (κ1) is 22.5. The molecule has 1 aliphatic heterocycles. The van der Waals surface area contributed by atoms with Gasteiger partial charge < -0.3 is 5.11 Å². The van der Waals surface area contributed by atoms with Gasteiger partial charge >= 0.3 is 5.97 Å². The predicted molar refractivity (Wildman–Crippen MR) is 116 cm³/mol. The van der Waals surface area contributed by atoms with E-state index in [1.165, 1.54) is 28.6 Å². The molecule has 1 aliphatic carbocycles. The highest BCUT2D eigenvalue weighted by Crippen LogP contribution is 2.44. The van der Waals surface area contributed by atoms with Crippen LogP contribution in [0.2, 0.25) is 10.0 Å². The van der Waals surface area contributed by atoms with Crippen LogP contribution in [0.1, 0.15) is 40.2 Å². The van der Waals surface area contributed by atoms with Crippen molar-refractivity contribution in [3.63, 3.8) is 0 Å². The zero-order chi connectivity index (χ0) is 22.3. The van der Waals surface area contributed by atoms with Crippen molar-refractivity contribution in [3.8, 4) is 0 Å². The van der Waals surface area contributed by atoms with E-state index < -0.39 is 21.8 Å². The number of nitrogens with zero attached hydrogens (tertiary/aromatic N) is 2. The van der Waals surface area contributed by atoms with Gasteiger partial charge in [-0.2, -0.15) is 4.31 Å². The van der Waals surface area contributed by atoms with Crippen molar-refractivity contribution in [2.24, 2.45) is 0 Å². The lowest BCUT2D eigenvalue weighted by Gasteiger charge is -2.34. The Morgan fingerprint density at radius 3 is 2.23 bits per heavy atom. The number of rotatable bonds is 6. The lowest BCUT2D eigenvalue weighted by Crippen LogP contribution is -2.48. The minimum atomic E-state index is -3.72. The molecule has 2 aliphatic rings. The molecule has 4 rings (SSSR count). The Hall–Kier alpha value is -1.71. The summed E-state index contributed by atoms with van der Waals surface area (Å²) < 4.78 is 42.1. The van der Waals surface area contributed by atoms with Crippen LogP contribution in [0.25, 0.3) is 0 Å². The summed E-state index contributed by atoms with van der Waals surface area (Å²) in [5.74, 6) is -1.86. The van der Waals surface area contributed by atoms with Gasteiger partial charge in [-0.15, -0.1) is 0 Å². The van der Waals surface area contributed by atoms with Crippen LogP contribution < -0.4 is 0 Å². The van der Waals surface area contributed by atoms with E-state index in [2.05, 4.69) is 4.90 Å². The average molecular weight is 487 g/mol. The molecule has 31 heavy (non-hydrogen) atoms. The van der Waals surface area contributed by atoms with Crippen LogP contribution in [0.5, 0.6) is 0 Å². The molecule has 2 fully saturated rings. The van der Waals surface area contributed by atoms with Crippen molar-refractivity contribution in [2.45, 2.75) is 30.2 Å². The van der Waals surface area contributed by atoms with E-state index in [9.17, 15) is 22.7 Å². The molecule has 0 atom stereocenters. The second-order valence-corrected chi connectivity index (χ2v) is 10.7. The van der Waals surface area contributed by atoms with Gasteiger partial charge in [-0.25, -0.2) is 17.6 Å². The lowest BCUT2D eigenvalue weighted by molar-refractivity contribution is 0.0691. The first-order valence-electron chi connectivity index (χ1n) is 9.90. The number of hydrogen-bond donors (Lipinski definition) is 1. The van der Waals surface area contributed by atoms with Crippen molar-refractivity contribution < 1.29 is 22.7 Å². The van der Waals surface area contributed by atoms with Gasteiger partial charge in [-0.05, 0) is 54.2 Å². The number of benzene rings is 2. The van der Waals surface area contributed by atoms with Gasteiger partial charge in [-0.1, -0.05) is 29.3 Å². The molecule has 0 aromatic heterocycles. The van der Waals surface area contributed by atoms with Crippen molar-refractivity contribution in [3.05, 3.63) is 62.9 Å². The van der Waals surface area contributed by atoms with Gasteiger partial charge in [0.2, 0.25) is 10.0 Å². The van der Waals surface area contributed by atoms with E-state index in [0.717, 1.165) is 18.4 Å². The number of aromatic carboxylic acids is 1. The number of halogens is 3. The highest BCUT2D eigenvalue weighted by Gasteiger charge is 2.33. The molecule has 0 radical (unpaired) electrons. The number of carboxylic acid groups (broad SMARTS) is 1. The largest absolute Gasteiger partial charge is 0.478 e. The standard InChI is InChI=1S/C21H21Cl2FN2O4S/c22-15-9-16(23)11-17(10-15)31(29,30)26-7-5-25(6-8-26)12-14-3-4-18(21(27)28)20(24)19(14)13-1-2-13/h3-4,9-11,13H,1-2,5-8,12H2,(H,27,28). The van der Waals surface area contributed by atoms with Gasteiger partial charge in [0.25, 0.3) is 0 Å². The van der Waals surface area contributed by atoms with Gasteiger partial charge in [0, 0.05) is 42.8 Å². The number of carboxylic acids is 1. The third-order valence-electron chi connectivity index (χ3n) is 5.69. The molecule has 1 heterocycles. The third kappa shape index (κ3) is 4.73. The van der Waals surface area contributed by atoms with E-state index in [-0.39, 0.29) is 39.5 Å². The van der Waals surface area contributed by atoms with E-state index in [0.29, 0.717) is 25.2 Å². The smallest absolute Gasteiger partial charge is 0.338 e. The van der Waals surface area contributed by atoms with Crippen LogP contribution in [0.3, 0.4) is 0 Å². The molecule has 10 heteroatoms. The Morgan fingerprint density at radius 2 is 1.68 bits per heavy atom. The Kier molecular flexibility index (Phi) is 6.29. The molecule has 1 N–H and O–H groups in total. The summed E-state index contributed by atoms with van der Waals surface area (Å²) in [6, 6.07) is 7.22. The highest BCUT2D eigenvalue weighted by molar-refractivity contribution is 7.89. The van der Waals surface area contributed by atoms with E-state index >= 15 is 0 Å². The molecule has 1 saturated heterocycles. The summed E-state index contributed by atoms with van der Waals surface area (Å²) in [6.45, 7) is 1.95. The Morgan fingerprint density at radius 1 is 1.06 bits per heavy atom. The fourth-order valence-electron chi connectivity index (χ4n) is 3.94. The topological polar surface area (TPSA) is 77.9 Å². The van der Waals surface area contributed by atoms with Crippen LogP contribution in [0.15, 0.2) is 35.2 Å². The van der Waals surface area contributed by atoms with Gasteiger partial charge in [-0.3, -0.25) is 4.90 Å². The maximum absolute atomic E-state index is 14.8. The summed E-state index contributed by atoms with van der Waals surface area (Å²) in [6.07, 6.45) is 1.70. The maximum atomic E-state index is 14.8. The maximum Gasteiger partial charge on any atom is 0.338 e. The summed E-state index contributed by atoms with van der Waals surface area (Å²) >= 11 is 11.9. The quantitative estimate of drug-likeness (QED) is 0.661. The van der Waals surface area contributed by atoms with Crippen LogP contribution in [0.4, 0.5) is 4.39 Å². The number of sulfonamides is 1. The fourth-order valence-corrected chi connectivity index (χ4v) is 6.09. The molecule has 6 nitrogen and oxygen atoms in total. The molecule has 0 unspecified atom stereocenters. The Balaban J connectivity index is 1.48. The summed E-state index contributed by atoms with van der Waals surface area (Å²) in [5.41, 5.74) is 0.952. The van der Waals surface area contributed by atoms with Crippen molar-refractivity contribution >= 4 is 39.2 Å². The fraction of sp³-hybridized carbons (Fsp3) is 0.381. The summed E-state index contributed by atoms with van der Waals surface area (Å²) in [7, 11) is -3.72. The predicted octanol–water partition coefficient (Wildman–Crippen LogP) is 4.21. The Labute approximate surface area is 190 Å². The second kappa shape index (κ2) is 8.67. The monoisotopic (exact) mass is 486 g/mol. The zero-order valence-corrected chi connectivity index (χ0v) is 18.9. The van der Waals surface area contributed by atoms with E-state index in [4.69, 9.17) is 23.2 Å². The molecular weight excluding hydrogens is 466 g/mol. The minimum Gasteiger partial charge on any atom is -0.478 e.